The molecule has 40 heavy (non-hydrogen) atoms. The average molecular weight is 559 g/mol. The van der Waals surface area contributed by atoms with Crippen LogP contribution in [0.15, 0.2) is 84.9 Å². The Morgan fingerprint density at radius 1 is 0.975 bits per heavy atom. The summed E-state index contributed by atoms with van der Waals surface area (Å²) in [6.45, 7) is 6.70. The standard InChI is InChI=1S/C33H34N2O4.ClH/c1-4-38-32(37)26-13-11-25(12-14-26)28-15-16-29(20-34)31(18-28)39-22-30(36)21-35-33(2,3)19-23-9-10-24-7-5-6-8-27(24)17-23;/h5-18,30,35-36H,4,19,21-22H2,1-3H3;1H/t30-;/m1./s1. The number of carbonyl (C=O) groups is 1. The summed E-state index contributed by atoms with van der Waals surface area (Å²) in [5, 5.41) is 26.1. The minimum absolute atomic E-state index is 0. The smallest absolute Gasteiger partial charge is 0.338 e. The van der Waals surface area contributed by atoms with Crippen molar-refractivity contribution >= 4 is 29.1 Å². The summed E-state index contributed by atoms with van der Waals surface area (Å²) in [6, 6.07) is 29.3. The lowest BCUT2D eigenvalue weighted by atomic mass is 9.93. The topological polar surface area (TPSA) is 91.6 Å². The number of benzene rings is 4. The van der Waals surface area contributed by atoms with Crippen molar-refractivity contribution < 1.29 is 19.4 Å². The first-order valence-corrected chi connectivity index (χ1v) is 13.1. The second-order valence-corrected chi connectivity index (χ2v) is 10.2. The highest BCUT2D eigenvalue weighted by atomic mass is 35.5. The molecule has 0 saturated heterocycles. The zero-order chi connectivity index (χ0) is 27.8. The van der Waals surface area contributed by atoms with E-state index in [2.05, 4.69) is 55.6 Å². The third-order valence-electron chi connectivity index (χ3n) is 6.54. The molecule has 0 aliphatic carbocycles. The summed E-state index contributed by atoms with van der Waals surface area (Å²) >= 11 is 0. The third kappa shape index (κ3) is 8.06. The molecule has 208 valence electrons. The largest absolute Gasteiger partial charge is 0.489 e. The van der Waals surface area contributed by atoms with Crippen LogP contribution in [0, 0.1) is 11.3 Å². The van der Waals surface area contributed by atoms with Crippen molar-refractivity contribution in [3.05, 3.63) is 102 Å². The van der Waals surface area contributed by atoms with Crippen LogP contribution in [0.1, 0.15) is 42.3 Å². The second kappa shape index (κ2) is 14.0. The van der Waals surface area contributed by atoms with Crippen molar-refractivity contribution in [2.75, 3.05) is 19.8 Å². The molecule has 0 amide bonds. The van der Waals surface area contributed by atoms with Crippen molar-refractivity contribution in [2.24, 2.45) is 0 Å². The van der Waals surface area contributed by atoms with Gasteiger partial charge in [0, 0.05) is 12.1 Å². The summed E-state index contributed by atoms with van der Waals surface area (Å²) in [6.07, 6.45) is 0.0426. The van der Waals surface area contributed by atoms with Crippen LogP contribution >= 0.6 is 12.4 Å². The molecule has 0 spiro atoms. The first-order chi connectivity index (χ1) is 18.8. The van der Waals surface area contributed by atoms with Crippen LogP contribution in [0.3, 0.4) is 0 Å². The van der Waals surface area contributed by atoms with E-state index in [4.69, 9.17) is 9.47 Å². The quantitative estimate of drug-likeness (QED) is 0.209. The first kappa shape index (κ1) is 30.6. The highest BCUT2D eigenvalue weighted by Crippen LogP contribution is 2.28. The Labute approximate surface area is 242 Å². The number of rotatable bonds is 11. The first-order valence-electron chi connectivity index (χ1n) is 13.1. The molecular weight excluding hydrogens is 524 g/mol. The minimum atomic E-state index is -0.764. The number of β-amino-alcohol motifs (C(OH)–C–C–N with tert-alkyl or cyclic N) is 1. The van der Waals surface area contributed by atoms with Gasteiger partial charge in [0.15, 0.2) is 0 Å². The Balaban J connectivity index is 0.00000441. The van der Waals surface area contributed by atoms with Crippen LogP contribution in [0.2, 0.25) is 0 Å². The van der Waals surface area contributed by atoms with E-state index in [1.165, 1.54) is 16.3 Å². The summed E-state index contributed by atoms with van der Waals surface area (Å²) < 4.78 is 10.9. The number of aliphatic hydroxyl groups excluding tert-OH is 1. The fraction of sp³-hybridized carbons (Fsp3) is 0.273. The van der Waals surface area contributed by atoms with Gasteiger partial charge in [-0.15, -0.1) is 12.4 Å². The summed E-state index contributed by atoms with van der Waals surface area (Å²) in [7, 11) is 0. The van der Waals surface area contributed by atoms with Crippen LogP contribution in [-0.4, -0.2) is 42.5 Å². The second-order valence-electron chi connectivity index (χ2n) is 10.2. The lowest BCUT2D eigenvalue weighted by molar-refractivity contribution is 0.0526. The van der Waals surface area contributed by atoms with Crippen LogP contribution in [-0.2, 0) is 11.2 Å². The molecule has 6 nitrogen and oxygen atoms in total. The molecular formula is C33H35ClN2O4. The number of halogens is 1. The number of aliphatic hydroxyl groups is 1. The van der Waals surface area contributed by atoms with Gasteiger partial charge in [-0.1, -0.05) is 60.7 Å². The van der Waals surface area contributed by atoms with Gasteiger partial charge in [-0.25, -0.2) is 4.79 Å². The molecule has 2 N–H and O–H groups in total. The number of hydrogen-bond donors (Lipinski definition) is 2. The van der Waals surface area contributed by atoms with Crippen LogP contribution in [0.4, 0.5) is 0 Å². The van der Waals surface area contributed by atoms with E-state index < -0.39 is 6.10 Å². The minimum Gasteiger partial charge on any atom is -0.489 e. The van der Waals surface area contributed by atoms with E-state index in [0.29, 0.717) is 30.0 Å². The molecule has 0 aliphatic rings. The molecule has 0 fully saturated rings. The van der Waals surface area contributed by atoms with Crippen molar-refractivity contribution in [3.63, 3.8) is 0 Å². The molecule has 1 atom stereocenters. The average Bonchev–Trinajstić information content (AvgIpc) is 2.95. The molecule has 0 radical (unpaired) electrons. The number of carbonyl (C=O) groups excluding carboxylic acids is 1. The van der Waals surface area contributed by atoms with E-state index in [-0.39, 0.29) is 30.5 Å². The number of nitrogens with one attached hydrogen (secondary N) is 1. The monoisotopic (exact) mass is 558 g/mol. The zero-order valence-electron chi connectivity index (χ0n) is 23.0. The highest BCUT2D eigenvalue weighted by molar-refractivity contribution is 5.90. The van der Waals surface area contributed by atoms with Crippen molar-refractivity contribution in [3.8, 4) is 22.9 Å². The van der Waals surface area contributed by atoms with E-state index in [1.807, 2.05) is 30.3 Å². The number of hydrogen-bond acceptors (Lipinski definition) is 6. The summed E-state index contributed by atoms with van der Waals surface area (Å²) in [5.41, 5.74) is 3.56. The van der Waals surface area contributed by atoms with Crippen LogP contribution in [0.5, 0.6) is 5.75 Å². The van der Waals surface area contributed by atoms with Crippen LogP contribution < -0.4 is 10.1 Å². The van der Waals surface area contributed by atoms with Crippen molar-refractivity contribution in [1.82, 2.24) is 5.32 Å². The maximum Gasteiger partial charge on any atom is 0.338 e. The number of fused-ring (bicyclic) bond motifs is 1. The fourth-order valence-corrected chi connectivity index (χ4v) is 4.49. The van der Waals surface area contributed by atoms with Gasteiger partial charge in [0.05, 0.1) is 17.7 Å². The Hall–Kier alpha value is -3.89. The molecule has 0 bridgehead atoms. The number of nitrogens with zero attached hydrogens (tertiary/aromatic N) is 1. The van der Waals surface area contributed by atoms with E-state index in [1.54, 1.807) is 31.2 Å². The van der Waals surface area contributed by atoms with Gasteiger partial charge in [0.1, 0.15) is 24.5 Å². The van der Waals surface area contributed by atoms with Gasteiger partial charge in [-0.3, -0.25) is 0 Å². The SMILES string of the molecule is CCOC(=O)c1ccc(-c2ccc(C#N)c(OC[C@H](O)CNC(C)(C)Cc3ccc4ccccc4c3)c2)cc1.Cl. The molecule has 0 aromatic heterocycles. The number of ether oxygens (including phenoxy) is 2. The lowest BCUT2D eigenvalue weighted by Crippen LogP contribution is -2.46. The van der Waals surface area contributed by atoms with E-state index in [0.717, 1.165) is 17.5 Å². The summed E-state index contributed by atoms with van der Waals surface area (Å²) in [5.74, 6) is 0.0369. The lowest BCUT2D eigenvalue weighted by Gasteiger charge is -2.28. The van der Waals surface area contributed by atoms with Gasteiger partial charge >= 0.3 is 5.97 Å². The Morgan fingerprint density at radius 2 is 1.68 bits per heavy atom. The molecule has 4 aromatic rings. The molecule has 0 heterocycles. The molecule has 0 saturated carbocycles. The molecule has 4 aromatic carbocycles. The van der Waals surface area contributed by atoms with Crippen molar-refractivity contribution in [1.29, 1.82) is 5.26 Å². The third-order valence-corrected chi connectivity index (χ3v) is 6.54. The molecule has 7 heteroatoms. The van der Waals surface area contributed by atoms with E-state index >= 15 is 0 Å². The predicted octanol–water partition coefficient (Wildman–Crippen LogP) is 6.33. The van der Waals surface area contributed by atoms with Gasteiger partial charge in [-0.2, -0.15) is 5.26 Å². The number of nitriles is 1. The highest BCUT2D eigenvalue weighted by Gasteiger charge is 2.20. The van der Waals surface area contributed by atoms with Gasteiger partial charge in [0.25, 0.3) is 0 Å². The van der Waals surface area contributed by atoms with Gasteiger partial charge in [0.2, 0.25) is 0 Å². The van der Waals surface area contributed by atoms with Crippen LogP contribution in [0.25, 0.3) is 21.9 Å². The summed E-state index contributed by atoms with van der Waals surface area (Å²) in [4.78, 5) is 11.9. The van der Waals surface area contributed by atoms with E-state index in [9.17, 15) is 15.2 Å². The zero-order valence-corrected chi connectivity index (χ0v) is 23.8. The Morgan fingerprint density at radius 3 is 2.38 bits per heavy atom. The maximum atomic E-state index is 11.9. The van der Waals surface area contributed by atoms with Gasteiger partial charge in [-0.05, 0) is 78.9 Å². The van der Waals surface area contributed by atoms with Gasteiger partial charge < -0.3 is 19.9 Å². The molecule has 0 aliphatic heterocycles. The Bertz CT molecular complexity index is 1480. The normalized spacial score (nSPS) is 11.8. The molecule has 0 unspecified atom stereocenters. The van der Waals surface area contributed by atoms with Crippen molar-refractivity contribution in [2.45, 2.75) is 38.8 Å². The Kier molecular flexibility index (Phi) is 10.7. The maximum absolute atomic E-state index is 11.9. The number of esters is 1. The molecule has 4 rings (SSSR count). The predicted molar refractivity (Wildman–Crippen MR) is 161 cm³/mol. The fourth-order valence-electron chi connectivity index (χ4n) is 4.49.